The second-order valence-corrected chi connectivity index (χ2v) is 7.96. The summed E-state index contributed by atoms with van der Waals surface area (Å²) < 4.78 is 11.3. The highest BCUT2D eigenvalue weighted by Crippen LogP contribution is 2.24. The van der Waals surface area contributed by atoms with E-state index in [4.69, 9.17) is 9.47 Å². The molecule has 3 rings (SSSR count). The van der Waals surface area contributed by atoms with E-state index >= 15 is 0 Å². The van der Waals surface area contributed by atoms with E-state index in [0.717, 1.165) is 55.2 Å². The van der Waals surface area contributed by atoms with Crippen LogP contribution in [0.4, 0.5) is 5.00 Å². The molecule has 0 atom stereocenters. The van der Waals surface area contributed by atoms with E-state index in [0.29, 0.717) is 24.1 Å². The zero-order chi connectivity index (χ0) is 20.6. The van der Waals surface area contributed by atoms with Crippen molar-refractivity contribution in [1.29, 1.82) is 0 Å². The number of nitrogens with zero attached hydrogens (tertiary/aromatic N) is 2. The van der Waals surface area contributed by atoms with Crippen molar-refractivity contribution in [2.45, 2.75) is 25.4 Å². The van der Waals surface area contributed by atoms with Crippen molar-refractivity contribution in [1.82, 2.24) is 10.2 Å². The van der Waals surface area contributed by atoms with Gasteiger partial charge in [0.15, 0.2) is 0 Å². The van der Waals surface area contributed by atoms with E-state index < -0.39 is 4.92 Å². The molecule has 1 N–H and O–H groups in total. The van der Waals surface area contributed by atoms with Gasteiger partial charge in [0, 0.05) is 38.4 Å². The first kappa shape index (κ1) is 21.2. The molecule has 0 radical (unpaired) electrons. The average Bonchev–Trinajstić information content (AvgIpc) is 3.24. The van der Waals surface area contributed by atoms with Gasteiger partial charge in [0.2, 0.25) is 0 Å². The first-order chi connectivity index (χ1) is 14.0. The van der Waals surface area contributed by atoms with E-state index in [2.05, 4.69) is 17.3 Å². The number of nitrogens with one attached hydrogen (secondary N) is 1. The first-order valence-corrected chi connectivity index (χ1v) is 10.4. The molecular weight excluding hydrogens is 394 g/mol. The van der Waals surface area contributed by atoms with E-state index in [-0.39, 0.29) is 10.9 Å². The lowest BCUT2D eigenvalue weighted by molar-refractivity contribution is -0.380. The smallest absolute Gasteiger partial charge is 0.324 e. The highest BCUT2D eigenvalue weighted by atomic mass is 32.1. The zero-order valence-electron chi connectivity index (χ0n) is 16.3. The summed E-state index contributed by atoms with van der Waals surface area (Å²) >= 11 is 0.864. The van der Waals surface area contributed by atoms with Gasteiger partial charge in [-0.25, -0.2) is 0 Å². The van der Waals surface area contributed by atoms with Gasteiger partial charge in [-0.2, -0.15) is 0 Å². The molecule has 0 aliphatic carbocycles. The number of thiophene rings is 1. The van der Waals surface area contributed by atoms with Gasteiger partial charge >= 0.3 is 5.00 Å². The van der Waals surface area contributed by atoms with Gasteiger partial charge in [0.25, 0.3) is 5.91 Å². The minimum absolute atomic E-state index is 0.0451. The van der Waals surface area contributed by atoms with Crippen LogP contribution >= 0.6 is 11.3 Å². The Hall–Kier alpha value is -2.49. The Balaban J connectivity index is 1.45. The molecule has 0 bridgehead atoms. The lowest BCUT2D eigenvalue weighted by Gasteiger charge is -2.31. The molecule has 1 aliphatic heterocycles. The molecule has 1 aromatic heterocycles. The lowest BCUT2D eigenvalue weighted by Crippen LogP contribution is -2.38. The maximum absolute atomic E-state index is 12.2. The zero-order valence-corrected chi connectivity index (χ0v) is 17.2. The summed E-state index contributed by atoms with van der Waals surface area (Å²) in [4.78, 5) is 25.0. The van der Waals surface area contributed by atoms with Gasteiger partial charge < -0.3 is 14.8 Å². The molecule has 2 aromatic rings. The number of benzene rings is 1. The summed E-state index contributed by atoms with van der Waals surface area (Å²) in [6.45, 7) is 3.39. The standard InChI is InChI=1S/C20H25N3O5S/c1-22(16-7-10-27-11-8-16)9-12-28-17-4-2-3-15(13-17)14-21-20(24)18-5-6-19(29-18)23(25)26/h2-6,13,16H,7-12,14H2,1H3,(H,21,24). The van der Waals surface area contributed by atoms with Gasteiger partial charge in [-0.1, -0.05) is 23.5 Å². The topological polar surface area (TPSA) is 93.9 Å². The van der Waals surface area contributed by atoms with Crippen LogP contribution < -0.4 is 10.1 Å². The van der Waals surface area contributed by atoms with Gasteiger partial charge in [-0.3, -0.25) is 19.8 Å². The van der Waals surface area contributed by atoms with E-state index in [1.165, 1.54) is 12.1 Å². The molecule has 0 saturated carbocycles. The van der Waals surface area contributed by atoms with Crippen molar-refractivity contribution >= 4 is 22.2 Å². The summed E-state index contributed by atoms with van der Waals surface area (Å²) in [7, 11) is 2.11. The number of carbonyl (C=O) groups excluding carboxylic acids is 1. The summed E-state index contributed by atoms with van der Waals surface area (Å²) in [5.41, 5.74) is 0.902. The van der Waals surface area contributed by atoms with Crippen LogP contribution in [0.15, 0.2) is 36.4 Å². The van der Waals surface area contributed by atoms with Crippen molar-refractivity contribution in [2.24, 2.45) is 0 Å². The largest absolute Gasteiger partial charge is 0.492 e. The maximum atomic E-state index is 12.2. The minimum Gasteiger partial charge on any atom is -0.492 e. The highest BCUT2D eigenvalue weighted by molar-refractivity contribution is 7.17. The van der Waals surface area contributed by atoms with Crippen molar-refractivity contribution in [2.75, 3.05) is 33.4 Å². The SMILES string of the molecule is CN(CCOc1cccc(CNC(=O)c2ccc([N+](=O)[O-])s2)c1)C1CCOCC1. The van der Waals surface area contributed by atoms with Crippen LogP contribution in [0.5, 0.6) is 5.75 Å². The van der Waals surface area contributed by atoms with Gasteiger partial charge in [-0.05, 0) is 43.7 Å². The van der Waals surface area contributed by atoms with Gasteiger partial charge in [-0.15, -0.1) is 0 Å². The maximum Gasteiger partial charge on any atom is 0.324 e. The third-order valence-corrected chi connectivity index (χ3v) is 5.91. The van der Waals surface area contributed by atoms with Crippen molar-refractivity contribution in [3.8, 4) is 5.75 Å². The Morgan fingerprint density at radius 2 is 2.14 bits per heavy atom. The van der Waals surface area contributed by atoms with Crippen LogP contribution in [-0.2, 0) is 11.3 Å². The normalized spacial score (nSPS) is 14.7. The number of rotatable bonds is 9. The Morgan fingerprint density at radius 3 is 2.86 bits per heavy atom. The van der Waals surface area contributed by atoms with Crippen molar-refractivity contribution in [3.05, 3.63) is 57.0 Å². The number of hydrogen-bond acceptors (Lipinski definition) is 7. The highest BCUT2D eigenvalue weighted by Gasteiger charge is 2.18. The molecule has 1 aromatic carbocycles. The average molecular weight is 420 g/mol. The molecule has 156 valence electrons. The number of nitro groups is 1. The molecule has 1 saturated heterocycles. The molecule has 1 fully saturated rings. The minimum atomic E-state index is -0.498. The number of hydrogen-bond donors (Lipinski definition) is 1. The number of ether oxygens (including phenoxy) is 2. The van der Waals surface area contributed by atoms with Crippen LogP contribution in [0.2, 0.25) is 0 Å². The number of likely N-dealkylation sites (N-methyl/N-ethyl adjacent to an activating group) is 1. The fraction of sp³-hybridized carbons (Fsp3) is 0.450. The Labute approximate surface area is 173 Å². The van der Waals surface area contributed by atoms with Gasteiger partial charge in [0.1, 0.15) is 12.4 Å². The van der Waals surface area contributed by atoms with Crippen LogP contribution in [0, 0.1) is 10.1 Å². The molecule has 9 heteroatoms. The number of amides is 1. The molecule has 29 heavy (non-hydrogen) atoms. The van der Waals surface area contributed by atoms with Crippen LogP contribution in [-0.4, -0.2) is 55.2 Å². The quantitative estimate of drug-likeness (QED) is 0.496. The fourth-order valence-corrected chi connectivity index (χ4v) is 3.92. The third-order valence-electron chi connectivity index (χ3n) is 4.87. The molecule has 1 amide bonds. The van der Waals surface area contributed by atoms with Crippen LogP contribution in [0.1, 0.15) is 28.1 Å². The van der Waals surface area contributed by atoms with Crippen LogP contribution in [0.3, 0.4) is 0 Å². The molecule has 0 spiro atoms. The molecule has 8 nitrogen and oxygen atoms in total. The van der Waals surface area contributed by atoms with Gasteiger partial charge in [0.05, 0.1) is 9.80 Å². The van der Waals surface area contributed by atoms with E-state index in [9.17, 15) is 14.9 Å². The lowest BCUT2D eigenvalue weighted by atomic mass is 10.1. The molecule has 2 heterocycles. The first-order valence-electron chi connectivity index (χ1n) is 9.55. The summed E-state index contributed by atoms with van der Waals surface area (Å²) in [5.74, 6) is 0.427. The Kier molecular flexibility index (Phi) is 7.56. The van der Waals surface area contributed by atoms with E-state index in [1.54, 1.807) is 0 Å². The predicted octanol–water partition coefficient (Wildman–Crippen LogP) is 3.08. The monoisotopic (exact) mass is 419 g/mol. The second kappa shape index (κ2) is 10.3. The Bertz CT molecular complexity index is 835. The second-order valence-electron chi connectivity index (χ2n) is 6.90. The summed E-state index contributed by atoms with van der Waals surface area (Å²) in [6, 6.07) is 10.9. The number of carbonyl (C=O) groups is 1. The fourth-order valence-electron chi connectivity index (χ4n) is 3.18. The predicted molar refractivity (Wildman–Crippen MR) is 111 cm³/mol. The third kappa shape index (κ3) is 6.25. The van der Waals surface area contributed by atoms with Crippen molar-refractivity contribution < 1.29 is 19.2 Å². The van der Waals surface area contributed by atoms with Crippen molar-refractivity contribution in [3.63, 3.8) is 0 Å². The van der Waals surface area contributed by atoms with E-state index in [1.807, 2.05) is 24.3 Å². The molecular formula is C20H25N3O5S. The Morgan fingerprint density at radius 1 is 1.34 bits per heavy atom. The molecule has 0 unspecified atom stereocenters. The summed E-state index contributed by atoms with van der Waals surface area (Å²) in [6.07, 6.45) is 2.11. The summed E-state index contributed by atoms with van der Waals surface area (Å²) in [5, 5.41) is 13.5. The van der Waals surface area contributed by atoms with Crippen LogP contribution in [0.25, 0.3) is 0 Å². The molecule has 1 aliphatic rings.